The van der Waals surface area contributed by atoms with Crippen LogP contribution in [-0.4, -0.2) is 31.3 Å². The molecule has 126 valence electrons. The minimum Gasteiger partial charge on any atom is -0.493 e. The smallest absolute Gasteiger partial charge is 0.319 e. The lowest BCUT2D eigenvalue weighted by Crippen LogP contribution is -2.30. The van der Waals surface area contributed by atoms with Gasteiger partial charge in [-0.3, -0.25) is 0 Å². The Labute approximate surface area is 140 Å². The number of nitrogens with one attached hydrogen (secondary N) is 3. The number of carbonyl (C=O) groups excluding carboxylic acids is 1. The molecule has 1 fully saturated rings. The van der Waals surface area contributed by atoms with Crippen LogP contribution in [-0.2, 0) is 0 Å². The van der Waals surface area contributed by atoms with Crippen molar-refractivity contribution in [2.75, 3.05) is 24.9 Å². The highest BCUT2D eigenvalue weighted by atomic mass is 16.5. The number of anilines is 3. The maximum absolute atomic E-state index is 11.7. The fraction of sp³-hybridized carbons (Fsp3) is 0.294. The summed E-state index contributed by atoms with van der Waals surface area (Å²) in [7, 11) is 3.19. The zero-order valence-electron chi connectivity index (χ0n) is 13.6. The molecule has 0 unspecified atom stereocenters. The molecule has 1 saturated carbocycles. The lowest BCUT2D eigenvalue weighted by molar-refractivity contribution is 0.251. The number of rotatable bonds is 6. The summed E-state index contributed by atoms with van der Waals surface area (Å²) in [6, 6.07) is 9.24. The van der Waals surface area contributed by atoms with Crippen molar-refractivity contribution in [3.8, 4) is 11.5 Å². The molecule has 3 N–H and O–H groups in total. The van der Waals surface area contributed by atoms with Gasteiger partial charge in [-0.25, -0.2) is 9.78 Å². The summed E-state index contributed by atoms with van der Waals surface area (Å²) in [6.45, 7) is 0. The Kier molecular flexibility index (Phi) is 4.69. The molecule has 0 bridgehead atoms. The third-order valence-corrected chi connectivity index (χ3v) is 3.59. The van der Waals surface area contributed by atoms with E-state index >= 15 is 0 Å². The van der Waals surface area contributed by atoms with Crippen molar-refractivity contribution in [3.63, 3.8) is 0 Å². The Bertz CT molecular complexity index is 714. The zero-order chi connectivity index (χ0) is 16.9. The largest absolute Gasteiger partial charge is 0.493 e. The van der Waals surface area contributed by atoms with Crippen LogP contribution in [0.2, 0.25) is 0 Å². The van der Waals surface area contributed by atoms with E-state index in [0.717, 1.165) is 18.5 Å². The van der Waals surface area contributed by atoms with Gasteiger partial charge in [0, 0.05) is 17.8 Å². The van der Waals surface area contributed by atoms with E-state index < -0.39 is 0 Å². The van der Waals surface area contributed by atoms with Gasteiger partial charge in [0.15, 0.2) is 11.5 Å². The molecule has 0 radical (unpaired) electrons. The van der Waals surface area contributed by atoms with Gasteiger partial charge in [0.25, 0.3) is 0 Å². The fourth-order valence-corrected chi connectivity index (χ4v) is 2.18. The SMILES string of the molecule is COc1ccc(Nc2ccc(NC(=O)NC3CC3)cn2)cc1OC. The number of amides is 2. The van der Waals surface area contributed by atoms with Gasteiger partial charge < -0.3 is 25.4 Å². The lowest BCUT2D eigenvalue weighted by Gasteiger charge is -2.11. The Balaban J connectivity index is 1.62. The highest BCUT2D eigenvalue weighted by molar-refractivity contribution is 5.89. The highest BCUT2D eigenvalue weighted by Crippen LogP contribution is 2.30. The van der Waals surface area contributed by atoms with Crippen LogP contribution >= 0.6 is 0 Å². The molecule has 0 spiro atoms. The lowest BCUT2D eigenvalue weighted by atomic mass is 10.2. The summed E-state index contributed by atoms with van der Waals surface area (Å²) in [4.78, 5) is 16.0. The number of hydrogen-bond donors (Lipinski definition) is 3. The summed E-state index contributed by atoms with van der Waals surface area (Å²) in [5.74, 6) is 1.96. The maximum atomic E-state index is 11.7. The molecule has 1 aromatic carbocycles. The van der Waals surface area contributed by atoms with Crippen LogP contribution in [0.15, 0.2) is 36.5 Å². The maximum Gasteiger partial charge on any atom is 0.319 e. The van der Waals surface area contributed by atoms with Crippen molar-refractivity contribution in [1.82, 2.24) is 10.3 Å². The van der Waals surface area contributed by atoms with Crippen molar-refractivity contribution < 1.29 is 14.3 Å². The first-order valence-corrected chi connectivity index (χ1v) is 7.70. The molecule has 0 aliphatic heterocycles. The zero-order valence-corrected chi connectivity index (χ0v) is 13.6. The van der Waals surface area contributed by atoms with Crippen molar-refractivity contribution in [3.05, 3.63) is 36.5 Å². The van der Waals surface area contributed by atoms with Crippen LogP contribution in [0, 0.1) is 0 Å². The number of nitrogens with zero attached hydrogens (tertiary/aromatic N) is 1. The molecule has 0 saturated heterocycles. The molecule has 1 aliphatic rings. The number of aromatic nitrogens is 1. The van der Waals surface area contributed by atoms with Crippen molar-refractivity contribution >= 4 is 23.2 Å². The number of hydrogen-bond acceptors (Lipinski definition) is 5. The van der Waals surface area contributed by atoms with Gasteiger partial charge in [-0.15, -0.1) is 0 Å². The van der Waals surface area contributed by atoms with Gasteiger partial charge in [0.05, 0.1) is 26.1 Å². The Hall–Kier alpha value is -2.96. The number of urea groups is 1. The number of pyridine rings is 1. The van der Waals surface area contributed by atoms with Crippen molar-refractivity contribution in [2.45, 2.75) is 18.9 Å². The van der Waals surface area contributed by atoms with E-state index in [1.165, 1.54) is 0 Å². The molecule has 1 aromatic heterocycles. The van der Waals surface area contributed by atoms with E-state index in [1.54, 1.807) is 32.5 Å². The quantitative estimate of drug-likeness (QED) is 0.759. The van der Waals surface area contributed by atoms with E-state index in [-0.39, 0.29) is 6.03 Å². The average molecular weight is 328 g/mol. The predicted octanol–water partition coefficient (Wildman–Crippen LogP) is 3.13. The first kappa shape index (κ1) is 15.9. The molecule has 7 heteroatoms. The molecule has 24 heavy (non-hydrogen) atoms. The van der Waals surface area contributed by atoms with Gasteiger partial charge in [0.1, 0.15) is 5.82 Å². The van der Waals surface area contributed by atoms with Crippen molar-refractivity contribution in [2.24, 2.45) is 0 Å². The summed E-state index contributed by atoms with van der Waals surface area (Å²) in [5.41, 5.74) is 1.47. The summed E-state index contributed by atoms with van der Waals surface area (Å²) in [6.07, 6.45) is 3.72. The standard InChI is InChI=1S/C17H20N4O3/c1-23-14-7-5-12(9-15(14)24-2)19-16-8-6-13(10-18-16)21-17(22)20-11-3-4-11/h5-11H,3-4H2,1-2H3,(H,18,19)(H2,20,21,22). The Morgan fingerprint density at radius 2 is 1.83 bits per heavy atom. The van der Waals surface area contributed by atoms with Gasteiger partial charge in [-0.2, -0.15) is 0 Å². The first-order valence-electron chi connectivity index (χ1n) is 7.70. The van der Waals surface area contributed by atoms with Crippen LogP contribution in [0.5, 0.6) is 11.5 Å². The Morgan fingerprint density at radius 3 is 2.46 bits per heavy atom. The van der Waals surface area contributed by atoms with E-state index in [2.05, 4.69) is 20.9 Å². The third kappa shape index (κ3) is 4.07. The summed E-state index contributed by atoms with van der Waals surface area (Å²) < 4.78 is 10.5. The van der Waals surface area contributed by atoms with E-state index in [9.17, 15) is 4.79 Å². The van der Waals surface area contributed by atoms with E-state index in [4.69, 9.17) is 9.47 Å². The molecule has 7 nitrogen and oxygen atoms in total. The topological polar surface area (TPSA) is 84.5 Å². The van der Waals surface area contributed by atoms with Gasteiger partial charge in [-0.05, 0) is 37.1 Å². The van der Waals surface area contributed by atoms with Crippen LogP contribution in [0.3, 0.4) is 0 Å². The molecule has 1 aliphatic carbocycles. The molecule has 2 aromatic rings. The number of benzene rings is 1. The second-order valence-corrected chi connectivity index (χ2v) is 5.50. The molecular weight excluding hydrogens is 308 g/mol. The van der Waals surface area contributed by atoms with Gasteiger partial charge in [0.2, 0.25) is 0 Å². The molecule has 2 amide bonds. The number of ether oxygens (including phenoxy) is 2. The number of carbonyl (C=O) groups is 1. The van der Waals surface area contributed by atoms with Crippen LogP contribution in [0.4, 0.5) is 22.0 Å². The minimum atomic E-state index is -0.195. The molecular formula is C17H20N4O3. The normalized spacial score (nSPS) is 13.1. The van der Waals surface area contributed by atoms with Crippen LogP contribution in [0.25, 0.3) is 0 Å². The second kappa shape index (κ2) is 7.08. The minimum absolute atomic E-state index is 0.195. The summed E-state index contributed by atoms with van der Waals surface area (Å²) >= 11 is 0. The number of methoxy groups -OCH3 is 2. The van der Waals surface area contributed by atoms with Gasteiger partial charge >= 0.3 is 6.03 Å². The second-order valence-electron chi connectivity index (χ2n) is 5.50. The third-order valence-electron chi connectivity index (χ3n) is 3.59. The molecule has 3 rings (SSSR count). The molecule has 1 heterocycles. The van der Waals surface area contributed by atoms with Crippen LogP contribution in [0.1, 0.15) is 12.8 Å². The summed E-state index contributed by atoms with van der Waals surface area (Å²) in [5, 5.41) is 8.80. The first-order chi connectivity index (χ1) is 11.7. The molecule has 0 atom stereocenters. The Morgan fingerprint density at radius 1 is 1.08 bits per heavy atom. The fourth-order valence-electron chi connectivity index (χ4n) is 2.18. The van der Waals surface area contributed by atoms with Gasteiger partial charge in [-0.1, -0.05) is 0 Å². The predicted molar refractivity (Wildman–Crippen MR) is 92.2 cm³/mol. The monoisotopic (exact) mass is 328 g/mol. The highest BCUT2D eigenvalue weighted by Gasteiger charge is 2.23. The van der Waals surface area contributed by atoms with Crippen molar-refractivity contribution in [1.29, 1.82) is 0 Å². The van der Waals surface area contributed by atoms with Crippen LogP contribution < -0.4 is 25.4 Å². The van der Waals surface area contributed by atoms with E-state index in [0.29, 0.717) is 29.0 Å². The van der Waals surface area contributed by atoms with E-state index in [1.807, 2.05) is 18.2 Å². The average Bonchev–Trinajstić information content (AvgIpc) is 3.40.